The van der Waals surface area contributed by atoms with Crippen LogP contribution in [0, 0.1) is 6.92 Å². The van der Waals surface area contributed by atoms with Gasteiger partial charge in [-0.3, -0.25) is 4.79 Å². The summed E-state index contributed by atoms with van der Waals surface area (Å²) in [6.45, 7) is 0.374. The molecule has 1 N–H and O–H groups in total. The number of nitrogens with one attached hydrogen (secondary N) is 1. The van der Waals surface area contributed by atoms with Crippen molar-refractivity contribution in [2.45, 2.75) is 13.1 Å². The van der Waals surface area contributed by atoms with E-state index in [-0.39, 0.29) is 5.56 Å². The summed E-state index contributed by atoms with van der Waals surface area (Å²) in [5.74, 6) is 0.307. The lowest BCUT2D eigenvalue weighted by molar-refractivity contribution is -0.123. The predicted molar refractivity (Wildman–Crippen MR) is 82.6 cm³/mol. The number of aromatic nitrogens is 1. The maximum Gasteiger partial charge on any atom is 0.405 e. The minimum Gasteiger partial charge on any atom is -0.460 e. The number of amides is 1. The number of pyridine rings is 1. The first-order valence-corrected chi connectivity index (χ1v) is 7.15. The minimum atomic E-state index is -4.47. The molecule has 2 aromatic heterocycles. The molecular weight excluding hydrogens is 321 g/mol. The molecule has 124 valence electrons. The number of nitrogens with zero attached hydrogens (tertiary/aromatic N) is 1. The van der Waals surface area contributed by atoms with Crippen molar-refractivity contribution in [3.8, 4) is 11.5 Å². The third kappa shape index (κ3) is 3.40. The molecule has 0 fully saturated rings. The first-order valence-electron chi connectivity index (χ1n) is 7.15. The molecule has 0 radical (unpaired) electrons. The second-order valence-corrected chi connectivity index (χ2v) is 5.28. The van der Waals surface area contributed by atoms with Gasteiger partial charge in [-0.15, -0.1) is 0 Å². The fourth-order valence-electron chi connectivity index (χ4n) is 2.34. The Balaban J connectivity index is 2.06. The van der Waals surface area contributed by atoms with Crippen LogP contribution in [-0.4, -0.2) is 23.6 Å². The van der Waals surface area contributed by atoms with E-state index in [1.807, 2.05) is 5.32 Å². The Morgan fingerprint density at radius 2 is 1.96 bits per heavy atom. The lowest BCUT2D eigenvalue weighted by atomic mass is 10.1. The van der Waals surface area contributed by atoms with E-state index in [9.17, 15) is 18.0 Å². The summed E-state index contributed by atoms with van der Waals surface area (Å²) in [6.07, 6.45) is -4.47. The molecule has 1 aromatic carbocycles. The summed E-state index contributed by atoms with van der Waals surface area (Å²) in [6, 6.07) is 11.6. The molecule has 0 bridgehead atoms. The highest BCUT2D eigenvalue weighted by molar-refractivity contribution is 6.07. The van der Waals surface area contributed by atoms with Crippen molar-refractivity contribution < 1.29 is 22.4 Å². The Bertz CT molecular complexity index is 900. The number of halogens is 3. The van der Waals surface area contributed by atoms with Gasteiger partial charge in [0.15, 0.2) is 5.76 Å². The van der Waals surface area contributed by atoms with Crippen LogP contribution < -0.4 is 5.32 Å². The Morgan fingerprint density at radius 3 is 2.62 bits per heavy atom. The SMILES string of the molecule is Cc1ccc(-c2cc(C(=O)NCC(F)(F)F)c3ccccc3n2)o1. The maximum atomic E-state index is 12.4. The van der Waals surface area contributed by atoms with Crippen LogP contribution in [0.15, 0.2) is 46.9 Å². The fourth-order valence-corrected chi connectivity index (χ4v) is 2.34. The van der Waals surface area contributed by atoms with E-state index in [0.717, 1.165) is 0 Å². The molecule has 0 saturated carbocycles. The monoisotopic (exact) mass is 334 g/mol. The van der Waals surface area contributed by atoms with E-state index in [4.69, 9.17) is 4.42 Å². The number of furan rings is 1. The number of aryl methyl sites for hydroxylation is 1. The lowest BCUT2D eigenvalue weighted by Crippen LogP contribution is -2.33. The van der Waals surface area contributed by atoms with Gasteiger partial charge in [0.2, 0.25) is 0 Å². The number of para-hydroxylation sites is 1. The highest BCUT2D eigenvalue weighted by atomic mass is 19.4. The van der Waals surface area contributed by atoms with Crippen LogP contribution in [0.3, 0.4) is 0 Å². The molecule has 24 heavy (non-hydrogen) atoms. The molecule has 7 heteroatoms. The Kier molecular flexibility index (Phi) is 4.01. The number of hydrogen-bond acceptors (Lipinski definition) is 3. The first-order chi connectivity index (χ1) is 11.3. The highest BCUT2D eigenvalue weighted by Gasteiger charge is 2.28. The number of carbonyl (C=O) groups is 1. The van der Waals surface area contributed by atoms with Crippen molar-refractivity contribution in [3.05, 3.63) is 53.8 Å². The van der Waals surface area contributed by atoms with Gasteiger partial charge in [0.1, 0.15) is 18.0 Å². The van der Waals surface area contributed by atoms with E-state index in [1.165, 1.54) is 6.07 Å². The standard InChI is InChI=1S/C17H13F3N2O2/c1-10-6-7-15(24-10)14-8-12(16(23)21-9-17(18,19)20)11-4-2-3-5-13(11)22-14/h2-8H,9H2,1H3,(H,21,23). The zero-order valence-corrected chi connectivity index (χ0v) is 12.6. The number of alkyl halides is 3. The largest absolute Gasteiger partial charge is 0.460 e. The molecule has 3 aromatic rings. The fraction of sp³-hybridized carbons (Fsp3) is 0.176. The van der Waals surface area contributed by atoms with E-state index >= 15 is 0 Å². The summed E-state index contributed by atoms with van der Waals surface area (Å²) in [5, 5.41) is 2.37. The predicted octanol–water partition coefficient (Wildman–Crippen LogP) is 4.10. The van der Waals surface area contributed by atoms with Gasteiger partial charge >= 0.3 is 6.18 Å². The van der Waals surface area contributed by atoms with Gasteiger partial charge in [-0.05, 0) is 31.2 Å². The van der Waals surface area contributed by atoms with E-state index in [2.05, 4.69) is 4.98 Å². The Hall–Kier alpha value is -2.83. The number of fused-ring (bicyclic) bond motifs is 1. The van der Waals surface area contributed by atoms with Crippen LogP contribution >= 0.6 is 0 Å². The summed E-state index contributed by atoms with van der Waals surface area (Å²) >= 11 is 0. The molecule has 2 heterocycles. The molecule has 0 atom stereocenters. The van der Waals surface area contributed by atoms with Crippen LogP contribution in [0.2, 0.25) is 0 Å². The van der Waals surface area contributed by atoms with Crippen molar-refractivity contribution in [2.24, 2.45) is 0 Å². The van der Waals surface area contributed by atoms with Crippen molar-refractivity contribution in [2.75, 3.05) is 6.54 Å². The van der Waals surface area contributed by atoms with Crippen LogP contribution in [0.4, 0.5) is 13.2 Å². The second-order valence-electron chi connectivity index (χ2n) is 5.28. The zero-order chi connectivity index (χ0) is 17.3. The van der Waals surface area contributed by atoms with Gasteiger partial charge in [0.05, 0.1) is 11.1 Å². The highest BCUT2D eigenvalue weighted by Crippen LogP contribution is 2.26. The summed E-state index contributed by atoms with van der Waals surface area (Å²) in [4.78, 5) is 16.6. The average molecular weight is 334 g/mol. The van der Waals surface area contributed by atoms with Gasteiger partial charge in [-0.2, -0.15) is 13.2 Å². The summed E-state index contributed by atoms with van der Waals surface area (Å²) in [5.41, 5.74) is 1.01. The average Bonchev–Trinajstić information content (AvgIpc) is 2.97. The molecule has 3 rings (SSSR count). The molecule has 1 amide bonds. The minimum absolute atomic E-state index is 0.119. The van der Waals surface area contributed by atoms with Crippen molar-refractivity contribution in [1.82, 2.24) is 10.3 Å². The Morgan fingerprint density at radius 1 is 1.21 bits per heavy atom. The molecular formula is C17H13F3N2O2. The number of carbonyl (C=O) groups excluding carboxylic acids is 1. The van der Waals surface area contributed by atoms with Crippen molar-refractivity contribution in [3.63, 3.8) is 0 Å². The first kappa shape index (κ1) is 16.0. The second kappa shape index (κ2) is 5.99. The molecule has 0 aliphatic heterocycles. The summed E-state index contributed by atoms with van der Waals surface area (Å²) in [7, 11) is 0. The van der Waals surface area contributed by atoms with E-state index < -0.39 is 18.6 Å². The van der Waals surface area contributed by atoms with Gasteiger partial charge < -0.3 is 9.73 Å². The molecule has 0 aliphatic carbocycles. The van der Waals surface area contributed by atoms with Crippen LogP contribution in [-0.2, 0) is 0 Å². The lowest BCUT2D eigenvalue weighted by Gasteiger charge is -2.11. The van der Waals surface area contributed by atoms with Crippen molar-refractivity contribution >= 4 is 16.8 Å². The molecule has 0 unspecified atom stereocenters. The normalized spacial score (nSPS) is 11.7. The van der Waals surface area contributed by atoms with Crippen molar-refractivity contribution in [1.29, 1.82) is 0 Å². The van der Waals surface area contributed by atoms with Gasteiger partial charge in [-0.1, -0.05) is 18.2 Å². The number of rotatable bonds is 3. The third-order valence-electron chi connectivity index (χ3n) is 3.40. The molecule has 4 nitrogen and oxygen atoms in total. The van der Waals surface area contributed by atoms with Crippen LogP contribution in [0.1, 0.15) is 16.1 Å². The quantitative estimate of drug-likeness (QED) is 0.785. The Labute approximate surface area is 135 Å². The zero-order valence-electron chi connectivity index (χ0n) is 12.6. The van der Waals surface area contributed by atoms with Crippen LogP contribution in [0.5, 0.6) is 0 Å². The number of benzene rings is 1. The van der Waals surface area contributed by atoms with Gasteiger partial charge in [0, 0.05) is 5.39 Å². The molecule has 0 aliphatic rings. The topological polar surface area (TPSA) is 55.1 Å². The summed E-state index contributed by atoms with van der Waals surface area (Å²) < 4.78 is 42.5. The maximum absolute atomic E-state index is 12.4. The van der Waals surface area contributed by atoms with Gasteiger partial charge in [-0.25, -0.2) is 4.98 Å². The third-order valence-corrected chi connectivity index (χ3v) is 3.40. The smallest absolute Gasteiger partial charge is 0.405 e. The van der Waals surface area contributed by atoms with E-state index in [1.54, 1.807) is 43.3 Å². The number of hydrogen-bond donors (Lipinski definition) is 1. The van der Waals surface area contributed by atoms with Crippen LogP contribution in [0.25, 0.3) is 22.4 Å². The molecule has 0 saturated heterocycles. The van der Waals surface area contributed by atoms with Gasteiger partial charge in [0.25, 0.3) is 5.91 Å². The molecule has 0 spiro atoms. The van der Waals surface area contributed by atoms with E-state index in [0.29, 0.717) is 28.1 Å².